The van der Waals surface area contributed by atoms with E-state index in [1.165, 1.54) is 18.4 Å². The molecule has 14 heavy (non-hydrogen) atoms. The third-order valence-corrected chi connectivity index (χ3v) is 3.31. The molecule has 1 aromatic rings. The number of nitrogen functional groups attached to an aromatic ring is 1. The maximum absolute atomic E-state index is 5.69. The number of benzene rings is 1. The first kappa shape index (κ1) is 9.53. The van der Waals surface area contributed by atoms with Crippen molar-refractivity contribution in [2.75, 3.05) is 18.8 Å². The van der Waals surface area contributed by atoms with Crippen molar-refractivity contribution in [3.05, 3.63) is 29.8 Å². The summed E-state index contributed by atoms with van der Waals surface area (Å²) in [6, 6.07) is 8.34. The van der Waals surface area contributed by atoms with Crippen molar-refractivity contribution in [1.82, 2.24) is 5.32 Å². The number of anilines is 1. The molecule has 1 fully saturated rings. The Morgan fingerprint density at radius 2 is 1.71 bits per heavy atom. The second kappa shape index (κ2) is 3.62. The predicted octanol–water partition coefficient (Wildman–Crippen LogP) is 1.91. The smallest absolute Gasteiger partial charge is 0.0314 e. The van der Waals surface area contributed by atoms with Gasteiger partial charge in [-0.25, -0.2) is 0 Å². The van der Waals surface area contributed by atoms with Crippen LogP contribution >= 0.6 is 0 Å². The zero-order chi connectivity index (χ0) is 10.0. The Morgan fingerprint density at radius 1 is 1.14 bits per heavy atom. The van der Waals surface area contributed by atoms with Crippen LogP contribution in [-0.2, 0) is 5.41 Å². The molecule has 2 heteroatoms. The first-order chi connectivity index (χ1) is 6.71. The standard InChI is InChI=1S/C12H18N2/c1-12(6-8-14-9-7-12)10-2-4-11(13)5-3-10/h2-5,14H,6-9,13H2,1H3. The van der Waals surface area contributed by atoms with Crippen LogP contribution in [0.4, 0.5) is 5.69 Å². The van der Waals surface area contributed by atoms with Crippen LogP contribution in [0.15, 0.2) is 24.3 Å². The first-order valence-corrected chi connectivity index (χ1v) is 5.27. The molecule has 0 amide bonds. The maximum atomic E-state index is 5.69. The number of rotatable bonds is 1. The fraction of sp³-hybridized carbons (Fsp3) is 0.500. The highest BCUT2D eigenvalue weighted by atomic mass is 14.9. The Balaban J connectivity index is 2.23. The predicted molar refractivity (Wildman–Crippen MR) is 60.3 cm³/mol. The van der Waals surface area contributed by atoms with Gasteiger partial charge in [-0.1, -0.05) is 19.1 Å². The quantitative estimate of drug-likeness (QED) is 0.664. The van der Waals surface area contributed by atoms with Crippen molar-refractivity contribution in [2.45, 2.75) is 25.2 Å². The molecule has 0 saturated carbocycles. The van der Waals surface area contributed by atoms with Gasteiger partial charge in [0.05, 0.1) is 0 Å². The molecular formula is C12H18N2. The highest BCUT2D eigenvalue weighted by Gasteiger charge is 2.28. The summed E-state index contributed by atoms with van der Waals surface area (Å²) in [6.07, 6.45) is 2.44. The van der Waals surface area contributed by atoms with Gasteiger partial charge in [-0.15, -0.1) is 0 Å². The maximum Gasteiger partial charge on any atom is 0.0314 e. The molecular weight excluding hydrogens is 172 g/mol. The summed E-state index contributed by atoms with van der Waals surface area (Å²) in [4.78, 5) is 0. The fourth-order valence-electron chi connectivity index (χ4n) is 2.15. The van der Waals surface area contributed by atoms with Gasteiger partial charge < -0.3 is 11.1 Å². The van der Waals surface area contributed by atoms with Crippen LogP contribution in [0.5, 0.6) is 0 Å². The third-order valence-electron chi connectivity index (χ3n) is 3.31. The van der Waals surface area contributed by atoms with E-state index in [1.54, 1.807) is 0 Å². The molecule has 1 saturated heterocycles. The molecule has 0 radical (unpaired) electrons. The lowest BCUT2D eigenvalue weighted by atomic mass is 9.75. The largest absolute Gasteiger partial charge is 0.399 e. The topological polar surface area (TPSA) is 38.0 Å². The second-order valence-corrected chi connectivity index (χ2v) is 4.43. The van der Waals surface area contributed by atoms with Gasteiger partial charge in [0.15, 0.2) is 0 Å². The minimum Gasteiger partial charge on any atom is -0.399 e. The van der Waals surface area contributed by atoms with Crippen molar-refractivity contribution in [1.29, 1.82) is 0 Å². The summed E-state index contributed by atoms with van der Waals surface area (Å²) in [7, 11) is 0. The van der Waals surface area contributed by atoms with E-state index in [0.717, 1.165) is 18.8 Å². The van der Waals surface area contributed by atoms with Crippen LogP contribution in [0.2, 0.25) is 0 Å². The van der Waals surface area contributed by atoms with E-state index >= 15 is 0 Å². The number of nitrogens with two attached hydrogens (primary N) is 1. The summed E-state index contributed by atoms with van der Waals surface area (Å²) < 4.78 is 0. The van der Waals surface area contributed by atoms with Crippen LogP contribution in [0.3, 0.4) is 0 Å². The Morgan fingerprint density at radius 3 is 2.29 bits per heavy atom. The zero-order valence-corrected chi connectivity index (χ0v) is 8.72. The molecule has 1 heterocycles. The van der Waals surface area contributed by atoms with E-state index in [1.807, 2.05) is 12.1 Å². The second-order valence-electron chi connectivity index (χ2n) is 4.43. The summed E-state index contributed by atoms with van der Waals surface area (Å²) in [6.45, 7) is 4.60. The van der Waals surface area contributed by atoms with E-state index in [9.17, 15) is 0 Å². The molecule has 0 bridgehead atoms. The average Bonchev–Trinajstić information content (AvgIpc) is 2.19. The lowest BCUT2D eigenvalue weighted by Gasteiger charge is -2.34. The number of nitrogens with one attached hydrogen (secondary N) is 1. The van der Waals surface area contributed by atoms with Crippen molar-refractivity contribution in [3.8, 4) is 0 Å². The van der Waals surface area contributed by atoms with Crippen LogP contribution in [0.25, 0.3) is 0 Å². The van der Waals surface area contributed by atoms with Crippen LogP contribution < -0.4 is 11.1 Å². The molecule has 76 valence electrons. The first-order valence-electron chi connectivity index (χ1n) is 5.27. The van der Waals surface area contributed by atoms with Crippen LogP contribution in [-0.4, -0.2) is 13.1 Å². The van der Waals surface area contributed by atoms with Gasteiger partial charge in [-0.2, -0.15) is 0 Å². The molecule has 0 atom stereocenters. The number of piperidine rings is 1. The van der Waals surface area contributed by atoms with Gasteiger partial charge in [0.1, 0.15) is 0 Å². The molecule has 0 unspecified atom stereocenters. The van der Waals surface area contributed by atoms with E-state index in [-0.39, 0.29) is 0 Å². The molecule has 3 N–H and O–H groups in total. The number of hydrogen-bond acceptors (Lipinski definition) is 2. The molecule has 1 aliphatic heterocycles. The van der Waals surface area contributed by atoms with Crippen molar-refractivity contribution in [3.63, 3.8) is 0 Å². The molecule has 1 aliphatic rings. The Kier molecular flexibility index (Phi) is 2.46. The molecule has 2 nitrogen and oxygen atoms in total. The minimum absolute atomic E-state index is 0.346. The monoisotopic (exact) mass is 190 g/mol. The summed E-state index contributed by atoms with van der Waals surface area (Å²) in [5, 5.41) is 3.40. The summed E-state index contributed by atoms with van der Waals surface area (Å²) in [5.41, 5.74) is 8.31. The lowest BCUT2D eigenvalue weighted by molar-refractivity contribution is 0.335. The Bertz CT molecular complexity index is 297. The van der Waals surface area contributed by atoms with Gasteiger partial charge >= 0.3 is 0 Å². The molecule has 0 aromatic heterocycles. The summed E-state index contributed by atoms with van der Waals surface area (Å²) >= 11 is 0. The van der Waals surface area contributed by atoms with E-state index < -0.39 is 0 Å². The summed E-state index contributed by atoms with van der Waals surface area (Å²) in [5.74, 6) is 0. The van der Waals surface area contributed by atoms with Crippen molar-refractivity contribution < 1.29 is 0 Å². The molecule has 0 spiro atoms. The van der Waals surface area contributed by atoms with Crippen LogP contribution in [0.1, 0.15) is 25.3 Å². The van der Waals surface area contributed by atoms with E-state index in [0.29, 0.717) is 5.41 Å². The Labute approximate surface area is 85.5 Å². The zero-order valence-electron chi connectivity index (χ0n) is 8.72. The van der Waals surface area contributed by atoms with Gasteiger partial charge in [0, 0.05) is 5.69 Å². The minimum atomic E-state index is 0.346. The van der Waals surface area contributed by atoms with Gasteiger partial charge in [-0.3, -0.25) is 0 Å². The van der Waals surface area contributed by atoms with Crippen molar-refractivity contribution in [2.24, 2.45) is 0 Å². The van der Waals surface area contributed by atoms with E-state index in [2.05, 4.69) is 24.4 Å². The number of hydrogen-bond donors (Lipinski definition) is 2. The highest BCUT2D eigenvalue weighted by molar-refractivity contribution is 5.41. The van der Waals surface area contributed by atoms with Crippen LogP contribution in [0, 0.1) is 0 Å². The van der Waals surface area contributed by atoms with Gasteiger partial charge in [0.2, 0.25) is 0 Å². The Hall–Kier alpha value is -1.02. The van der Waals surface area contributed by atoms with Crippen molar-refractivity contribution >= 4 is 5.69 Å². The lowest BCUT2D eigenvalue weighted by Crippen LogP contribution is -2.37. The normalized spacial score (nSPS) is 20.6. The molecule has 1 aromatic carbocycles. The van der Waals surface area contributed by atoms with Gasteiger partial charge in [-0.05, 0) is 49.0 Å². The molecule has 2 rings (SSSR count). The molecule has 0 aliphatic carbocycles. The fourth-order valence-corrected chi connectivity index (χ4v) is 2.15. The SMILES string of the molecule is CC1(c2ccc(N)cc2)CCNCC1. The average molecular weight is 190 g/mol. The van der Waals surface area contributed by atoms with E-state index in [4.69, 9.17) is 5.73 Å². The highest BCUT2D eigenvalue weighted by Crippen LogP contribution is 2.32. The third kappa shape index (κ3) is 1.75. The van der Waals surface area contributed by atoms with Gasteiger partial charge in [0.25, 0.3) is 0 Å².